The van der Waals surface area contributed by atoms with Crippen molar-refractivity contribution in [1.82, 2.24) is 14.9 Å². The number of aromatic nitrogens is 2. The SMILES string of the molecule is Cc1nccc(OC2CCCN(C(=O)c3cccs3)C2)n1. The predicted octanol–water partition coefficient (Wildman–Crippen LogP) is 2.53. The molecular formula is C15H17N3O2S. The van der Waals surface area contributed by atoms with Crippen molar-refractivity contribution in [2.24, 2.45) is 0 Å². The number of amides is 1. The molecule has 0 N–H and O–H groups in total. The molecule has 1 aliphatic rings. The van der Waals surface area contributed by atoms with Gasteiger partial charge in [-0.3, -0.25) is 4.79 Å². The molecule has 1 atom stereocenters. The first-order valence-corrected chi connectivity index (χ1v) is 7.89. The van der Waals surface area contributed by atoms with Crippen LogP contribution in [-0.4, -0.2) is 40.0 Å². The summed E-state index contributed by atoms with van der Waals surface area (Å²) in [7, 11) is 0. The minimum absolute atomic E-state index is 0.00281. The van der Waals surface area contributed by atoms with Crippen molar-refractivity contribution in [2.45, 2.75) is 25.9 Å². The molecule has 0 radical (unpaired) electrons. The number of likely N-dealkylation sites (tertiary alicyclic amines) is 1. The van der Waals surface area contributed by atoms with Gasteiger partial charge in [-0.2, -0.15) is 4.98 Å². The number of nitrogens with zero attached hydrogens (tertiary/aromatic N) is 3. The van der Waals surface area contributed by atoms with Crippen molar-refractivity contribution in [2.75, 3.05) is 13.1 Å². The number of ether oxygens (including phenoxy) is 1. The average Bonchev–Trinajstić information content (AvgIpc) is 3.01. The van der Waals surface area contributed by atoms with Gasteiger partial charge in [0.15, 0.2) is 0 Å². The van der Waals surface area contributed by atoms with Crippen LogP contribution in [0.25, 0.3) is 0 Å². The summed E-state index contributed by atoms with van der Waals surface area (Å²) in [5.41, 5.74) is 0. The van der Waals surface area contributed by atoms with Gasteiger partial charge in [-0.15, -0.1) is 11.3 Å². The van der Waals surface area contributed by atoms with Crippen LogP contribution in [-0.2, 0) is 0 Å². The molecule has 2 aromatic heterocycles. The molecule has 1 amide bonds. The topological polar surface area (TPSA) is 55.3 Å². The summed E-state index contributed by atoms with van der Waals surface area (Å²) in [4.78, 5) is 23.3. The molecule has 0 aliphatic carbocycles. The number of carbonyl (C=O) groups excluding carboxylic acids is 1. The Morgan fingerprint density at radius 1 is 1.48 bits per heavy atom. The number of piperidine rings is 1. The van der Waals surface area contributed by atoms with Gasteiger partial charge < -0.3 is 9.64 Å². The lowest BCUT2D eigenvalue weighted by atomic mass is 10.1. The highest BCUT2D eigenvalue weighted by Crippen LogP contribution is 2.20. The third kappa shape index (κ3) is 3.39. The molecule has 1 fully saturated rings. The Balaban J connectivity index is 1.64. The zero-order valence-electron chi connectivity index (χ0n) is 11.9. The lowest BCUT2D eigenvalue weighted by Gasteiger charge is -2.32. The highest BCUT2D eigenvalue weighted by Gasteiger charge is 2.26. The maximum atomic E-state index is 12.4. The summed E-state index contributed by atoms with van der Waals surface area (Å²) in [6, 6.07) is 5.53. The Morgan fingerprint density at radius 3 is 3.14 bits per heavy atom. The second-order valence-electron chi connectivity index (χ2n) is 5.05. The molecule has 0 spiro atoms. The van der Waals surface area contributed by atoms with Crippen LogP contribution >= 0.6 is 11.3 Å². The summed E-state index contributed by atoms with van der Waals surface area (Å²) < 4.78 is 5.89. The predicted molar refractivity (Wildman–Crippen MR) is 80.6 cm³/mol. The third-order valence-corrected chi connectivity index (χ3v) is 4.29. The van der Waals surface area contributed by atoms with E-state index in [2.05, 4.69) is 9.97 Å². The van der Waals surface area contributed by atoms with Gasteiger partial charge in [0.25, 0.3) is 5.91 Å². The van der Waals surface area contributed by atoms with Crippen molar-refractivity contribution in [3.8, 4) is 5.88 Å². The van der Waals surface area contributed by atoms with Gasteiger partial charge in [0.2, 0.25) is 5.88 Å². The summed E-state index contributed by atoms with van der Waals surface area (Å²) in [5, 5.41) is 1.93. The Labute approximate surface area is 127 Å². The van der Waals surface area contributed by atoms with E-state index >= 15 is 0 Å². The zero-order valence-corrected chi connectivity index (χ0v) is 12.7. The van der Waals surface area contributed by atoms with Gasteiger partial charge in [0, 0.05) is 18.8 Å². The molecule has 0 aromatic carbocycles. The van der Waals surface area contributed by atoms with Crippen LogP contribution in [0.1, 0.15) is 28.3 Å². The maximum absolute atomic E-state index is 12.4. The second kappa shape index (κ2) is 6.22. The van der Waals surface area contributed by atoms with Gasteiger partial charge in [0.05, 0.1) is 11.4 Å². The van der Waals surface area contributed by atoms with Crippen molar-refractivity contribution >= 4 is 17.2 Å². The lowest BCUT2D eigenvalue weighted by molar-refractivity contribution is 0.0531. The normalized spacial score (nSPS) is 18.5. The monoisotopic (exact) mass is 303 g/mol. The fraction of sp³-hybridized carbons (Fsp3) is 0.400. The van der Waals surface area contributed by atoms with Crippen molar-refractivity contribution in [3.63, 3.8) is 0 Å². The molecule has 1 unspecified atom stereocenters. The lowest BCUT2D eigenvalue weighted by Crippen LogP contribution is -2.44. The number of carbonyl (C=O) groups is 1. The van der Waals surface area contributed by atoms with E-state index < -0.39 is 0 Å². The number of thiophene rings is 1. The van der Waals surface area contributed by atoms with Crippen LogP contribution in [0.5, 0.6) is 5.88 Å². The van der Waals surface area contributed by atoms with Gasteiger partial charge in [0.1, 0.15) is 11.9 Å². The second-order valence-corrected chi connectivity index (χ2v) is 6.00. The van der Waals surface area contributed by atoms with Crippen LogP contribution < -0.4 is 4.74 Å². The van der Waals surface area contributed by atoms with Crippen molar-refractivity contribution in [1.29, 1.82) is 0 Å². The van der Waals surface area contributed by atoms with Crippen LogP contribution in [0.15, 0.2) is 29.8 Å². The van der Waals surface area contributed by atoms with E-state index in [0.717, 1.165) is 24.3 Å². The Kier molecular flexibility index (Phi) is 4.15. The van der Waals surface area contributed by atoms with Crippen LogP contribution in [0, 0.1) is 6.92 Å². The molecule has 3 rings (SSSR count). The largest absolute Gasteiger partial charge is 0.472 e. The molecule has 0 saturated carbocycles. The Hall–Kier alpha value is -1.95. The minimum Gasteiger partial charge on any atom is -0.472 e. The molecule has 0 bridgehead atoms. The summed E-state index contributed by atoms with van der Waals surface area (Å²) >= 11 is 1.48. The summed E-state index contributed by atoms with van der Waals surface area (Å²) in [6.07, 6.45) is 3.58. The van der Waals surface area contributed by atoms with E-state index in [9.17, 15) is 4.79 Å². The fourth-order valence-corrected chi connectivity index (χ4v) is 3.14. The molecule has 3 heterocycles. The Morgan fingerprint density at radius 2 is 2.38 bits per heavy atom. The average molecular weight is 303 g/mol. The van der Waals surface area contributed by atoms with E-state index in [1.165, 1.54) is 11.3 Å². The van der Waals surface area contributed by atoms with Crippen molar-refractivity contribution < 1.29 is 9.53 Å². The van der Waals surface area contributed by atoms with Crippen LogP contribution in [0.2, 0.25) is 0 Å². The first-order valence-electron chi connectivity index (χ1n) is 7.01. The van der Waals surface area contributed by atoms with Crippen molar-refractivity contribution in [3.05, 3.63) is 40.5 Å². The molecule has 1 aliphatic heterocycles. The highest BCUT2D eigenvalue weighted by atomic mass is 32.1. The smallest absolute Gasteiger partial charge is 0.264 e. The molecule has 6 heteroatoms. The number of hydrogen-bond acceptors (Lipinski definition) is 5. The van der Waals surface area contributed by atoms with E-state index in [1.807, 2.05) is 29.3 Å². The first-order chi connectivity index (χ1) is 10.2. The number of rotatable bonds is 3. The van der Waals surface area contributed by atoms with Crippen LogP contribution in [0.3, 0.4) is 0 Å². The zero-order chi connectivity index (χ0) is 14.7. The van der Waals surface area contributed by atoms with Gasteiger partial charge in [-0.05, 0) is 31.2 Å². The molecule has 21 heavy (non-hydrogen) atoms. The summed E-state index contributed by atoms with van der Waals surface area (Å²) in [6.45, 7) is 3.24. The highest BCUT2D eigenvalue weighted by molar-refractivity contribution is 7.12. The minimum atomic E-state index is -0.00281. The van der Waals surface area contributed by atoms with Crippen LogP contribution in [0.4, 0.5) is 0 Å². The molecule has 2 aromatic rings. The maximum Gasteiger partial charge on any atom is 0.264 e. The fourth-order valence-electron chi connectivity index (χ4n) is 2.45. The van der Waals surface area contributed by atoms with Gasteiger partial charge in [-0.25, -0.2) is 4.98 Å². The quantitative estimate of drug-likeness (QED) is 0.874. The molecule has 1 saturated heterocycles. The number of aryl methyl sites for hydroxylation is 1. The van der Waals surface area contributed by atoms with E-state index in [-0.39, 0.29) is 12.0 Å². The van der Waals surface area contributed by atoms with E-state index in [0.29, 0.717) is 18.2 Å². The van der Waals surface area contributed by atoms with E-state index in [1.54, 1.807) is 12.3 Å². The van der Waals surface area contributed by atoms with Gasteiger partial charge in [-0.1, -0.05) is 6.07 Å². The summed E-state index contributed by atoms with van der Waals surface area (Å²) in [5.74, 6) is 1.37. The first kappa shape index (κ1) is 14.0. The number of hydrogen-bond donors (Lipinski definition) is 0. The standard InChI is InChI=1S/C15H17N3O2S/c1-11-16-7-6-14(17-11)20-12-4-2-8-18(10-12)15(19)13-5-3-9-21-13/h3,5-7,9,12H,2,4,8,10H2,1H3. The molecule has 110 valence electrons. The molecule has 5 nitrogen and oxygen atoms in total. The Bertz CT molecular complexity index is 615. The third-order valence-electron chi connectivity index (χ3n) is 3.44. The molecular weight excluding hydrogens is 286 g/mol. The van der Waals surface area contributed by atoms with Gasteiger partial charge >= 0.3 is 0 Å². The van der Waals surface area contributed by atoms with E-state index in [4.69, 9.17) is 4.74 Å².